The summed E-state index contributed by atoms with van der Waals surface area (Å²) in [5.41, 5.74) is 7.02. The number of nitrogens with zero attached hydrogens (tertiary/aromatic N) is 1. The van der Waals surface area contributed by atoms with Gasteiger partial charge in [0.2, 0.25) is 0 Å². The van der Waals surface area contributed by atoms with Crippen LogP contribution in [-0.4, -0.2) is 31.9 Å². The van der Waals surface area contributed by atoms with Crippen LogP contribution in [0.2, 0.25) is 0 Å². The summed E-state index contributed by atoms with van der Waals surface area (Å²) in [5, 5.41) is 9.45. The van der Waals surface area contributed by atoms with Crippen LogP contribution in [0.4, 0.5) is 10.1 Å². The van der Waals surface area contributed by atoms with Crippen LogP contribution in [0.15, 0.2) is 18.2 Å². The first kappa shape index (κ1) is 11.9. The molecule has 0 fully saturated rings. The Bertz CT molecular complexity index is 328. The molecule has 15 heavy (non-hydrogen) atoms. The number of hydrogen-bond donors (Lipinski definition) is 2. The van der Waals surface area contributed by atoms with Gasteiger partial charge in [0.25, 0.3) is 0 Å². The number of anilines is 1. The van der Waals surface area contributed by atoms with E-state index >= 15 is 0 Å². The summed E-state index contributed by atoms with van der Waals surface area (Å²) in [6, 6.07) is 4.54. The molecule has 0 aliphatic heterocycles. The quantitative estimate of drug-likeness (QED) is 0.774. The predicted molar refractivity (Wildman–Crippen MR) is 59.5 cm³/mol. The molecule has 0 spiro atoms. The maximum absolute atomic E-state index is 13.0. The van der Waals surface area contributed by atoms with Crippen molar-refractivity contribution in [3.8, 4) is 0 Å². The summed E-state index contributed by atoms with van der Waals surface area (Å²) < 4.78 is 13.0. The van der Waals surface area contributed by atoms with Crippen molar-refractivity contribution in [1.29, 1.82) is 0 Å². The topological polar surface area (TPSA) is 49.5 Å². The summed E-state index contributed by atoms with van der Waals surface area (Å²) in [5.74, 6) is -0.273. The van der Waals surface area contributed by atoms with Gasteiger partial charge >= 0.3 is 0 Å². The maximum atomic E-state index is 13.0. The Morgan fingerprint density at radius 1 is 1.47 bits per heavy atom. The molecule has 0 saturated carbocycles. The van der Waals surface area contributed by atoms with E-state index in [-0.39, 0.29) is 12.4 Å². The third kappa shape index (κ3) is 3.18. The van der Waals surface area contributed by atoms with Crippen LogP contribution in [0.1, 0.15) is 5.56 Å². The van der Waals surface area contributed by atoms with Crippen molar-refractivity contribution in [2.45, 2.75) is 12.5 Å². The molecule has 0 saturated heterocycles. The highest BCUT2D eigenvalue weighted by Gasteiger charge is 2.10. The predicted octanol–water partition coefficient (Wildman–Crippen LogP) is 0.754. The van der Waals surface area contributed by atoms with Crippen LogP contribution < -0.4 is 10.6 Å². The number of hydrogen-bond acceptors (Lipinski definition) is 3. The van der Waals surface area contributed by atoms with Gasteiger partial charge < -0.3 is 15.7 Å². The van der Waals surface area contributed by atoms with Crippen molar-refractivity contribution in [2.75, 3.05) is 25.5 Å². The number of halogens is 1. The number of nitrogens with two attached hydrogens (primary N) is 1. The lowest BCUT2D eigenvalue weighted by atomic mass is 10.1. The zero-order valence-corrected chi connectivity index (χ0v) is 9.07. The molecule has 1 unspecified atom stereocenters. The molecule has 1 atom stereocenters. The molecule has 0 aliphatic rings. The van der Waals surface area contributed by atoms with Crippen LogP contribution in [-0.2, 0) is 6.42 Å². The SMILES string of the molecule is CN(C)c1cc(F)ccc1CC(O)CN. The minimum Gasteiger partial charge on any atom is -0.391 e. The van der Waals surface area contributed by atoms with Gasteiger partial charge in [0.05, 0.1) is 6.10 Å². The van der Waals surface area contributed by atoms with Gasteiger partial charge in [0.15, 0.2) is 0 Å². The molecule has 0 aromatic heterocycles. The lowest BCUT2D eigenvalue weighted by molar-refractivity contribution is 0.183. The average Bonchev–Trinajstić information content (AvgIpc) is 2.20. The molecular formula is C11H17FN2O. The fraction of sp³-hybridized carbons (Fsp3) is 0.455. The second-order valence-electron chi connectivity index (χ2n) is 3.76. The highest BCUT2D eigenvalue weighted by atomic mass is 19.1. The van der Waals surface area contributed by atoms with E-state index in [0.29, 0.717) is 6.42 Å². The monoisotopic (exact) mass is 212 g/mol. The van der Waals surface area contributed by atoms with Crippen LogP contribution in [0.25, 0.3) is 0 Å². The molecule has 1 aromatic rings. The zero-order chi connectivity index (χ0) is 11.4. The Kier molecular flexibility index (Phi) is 4.05. The second-order valence-corrected chi connectivity index (χ2v) is 3.76. The van der Waals surface area contributed by atoms with Crippen molar-refractivity contribution in [1.82, 2.24) is 0 Å². The van der Waals surface area contributed by atoms with Crippen molar-refractivity contribution < 1.29 is 9.50 Å². The van der Waals surface area contributed by atoms with E-state index in [2.05, 4.69) is 0 Å². The van der Waals surface area contributed by atoms with Gasteiger partial charge in [-0.1, -0.05) is 6.07 Å². The molecule has 0 aliphatic carbocycles. The third-order valence-corrected chi connectivity index (χ3v) is 2.26. The highest BCUT2D eigenvalue weighted by molar-refractivity contribution is 5.53. The Morgan fingerprint density at radius 2 is 2.13 bits per heavy atom. The molecule has 0 heterocycles. The van der Waals surface area contributed by atoms with Crippen LogP contribution >= 0.6 is 0 Å². The molecular weight excluding hydrogens is 195 g/mol. The summed E-state index contributed by atoms with van der Waals surface area (Å²) in [6.45, 7) is 0.213. The Balaban J connectivity index is 2.95. The Morgan fingerprint density at radius 3 is 2.67 bits per heavy atom. The van der Waals surface area contributed by atoms with E-state index < -0.39 is 6.10 Å². The summed E-state index contributed by atoms with van der Waals surface area (Å²) in [7, 11) is 3.68. The highest BCUT2D eigenvalue weighted by Crippen LogP contribution is 2.21. The van der Waals surface area contributed by atoms with E-state index in [0.717, 1.165) is 11.3 Å². The Labute approximate surface area is 89.3 Å². The first-order valence-electron chi connectivity index (χ1n) is 4.88. The van der Waals surface area contributed by atoms with Gasteiger partial charge in [-0.05, 0) is 17.7 Å². The smallest absolute Gasteiger partial charge is 0.125 e. The van der Waals surface area contributed by atoms with Crippen LogP contribution in [0.5, 0.6) is 0 Å². The lowest BCUT2D eigenvalue weighted by Crippen LogP contribution is -2.23. The summed E-state index contributed by atoms with van der Waals surface area (Å²) in [6.07, 6.45) is -0.126. The van der Waals surface area contributed by atoms with Gasteiger partial charge in [0, 0.05) is 32.7 Å². The first-order valence-corrected chi connectivity index (χ1v) is 4.88. The van der Waals surface area contributed by atoms with E-state index in [1.807, 2.05) is 19.0 Å². The lowest BCUT2D eigenvalue weighted by Gasteiger charge is -2.19. The van der Waals surface area contributed by atoms with E-state index in [4.69, 9.17) is 5.73 Å². The maximum Gasteiger partial charge on any atom is 0.125 e. The zero-order valence-electron chi connectivity index (χ0n) is 9.07. The molecule has 0 amide bonds. The van der Waals surface area contributed by atoms with Crippen molar-refractivity contribution >= 4 is 5.69 Å². The van der Waals surface area contributed by atoms with Crippen molar-refractivity contribution in [2.24, 2.45) is 5.73 Å². The summed E-state index contributed by atoms with van der Waals surface area (Å²) >= 11 is 0. The molecule has 4 heteroatoms. The van der Waals surface area contributed by atoms with Gasteiger partial charge in [-0.2, -0.15) is 0 Å². The number of aliphatic hydroxyl groups excluding tert-OH is 1. The van der Waals surface area contributed by atoms with E-state index in [1.165, 1.54) is 12.1 Å². The molecule has 1 aromatic carbocycles. The fourth-order valence-electron chi connectivity index (χ4n) is 1.46. The van der Waals surface area contributed by atoms with Crippen molar-refractivity contribution in [3.05, 3.63) is 29.6 Å². The molecule has 84 valence electrons. The van der Waals surface area contributed by atoms with Gasteiger partial charge in [-0.25, -0.2) is 4.39 Å². The molecule has 0 radical (unpaired) electrons. The second kappa shape index (κ2) is 5.09. The Hall–Kier alpha value is -1.13. The number of aliphatic hydroxyl groups is 1. The molecule has 1 rings (SSSR count). The van der Waals surface area contributed by atoms with E-state index in [1.54, 1.807) is 6.07 Å². The van der Waals surface area contributed by atoms with E-state index in [9.17, 15) is 9.50 Å². The summed E-state index contributed by atoms with van der Waals surface area (Å²) in [4.78, 5) is 1.82. The van der Waals surface area contributed by atoms with Crippen molar-refractivity contribution in [3.63, 3.8) is 0 Å². The minimum atomic E-state index is -0.575. The van der Waals surface area contributed by atoms with Crippen LogP contribution in [0, 0.1) is 5.82 Å². The minimum absolute atomic E-state index is 0.213. The first-order chi connectivity index (χ1) is 7.04. The molecule has 3 N–H and O–H groups in total. The number of rotatable bonds is 4. The normalized spacial score (nSPS) is 12.6. The third-order valence-electron chi connectivity index (χ3n) is 2.26. The largest absolute Gasteiger partial charge is 0.391 e. The fourth-order valence-corrected chi connectivity index (χ4v) is 1.46. The molecule has 0 bridgehead atoms. The van der Waals surface area contributed by atoms with Gasteiger partial charge in [-0.3, -0.25) is 0 Å². The molecule has 3 nitrogen and oxygen atoms in total. The number of benzene rings is 1. The van der Waals surface area contributed by atoms with Gasteiger partial charge in [-0.15, -0.1) is 0 Å². The standard InChI is InChI=1S/C11H17FN2O/c1-14(2)11-6-9(12)4-3-8(11)5-10(15)7-13/h3-4,6,10,15H,5,7,13H2,1-2H3. The van der Waals surface area contributed by atoms with Gasteiger partial charge in [0.1, 0.15) is 5.82 Å². The average molecular weight is 212 g/mol. The van der Waals surface area contributed by atoms with Crippen LogP contribution in [0.3, 0.4) is 0 Å².